The van der Waals surface area contributed by atoms with Crippen LogP contribution in [0.5, 0.6) is 5.75 Å². The zero-order valence-corrected chi connectivity index (χ0v) is 17.5. The zero-order chi connectivity index (χ0) is 19.4. The molecular weight excluding hydrogens is 448 g/mol. The minimum Gasteiger partial charge on any atom is -0.480 e. The van der Waals surface area contributed by atoms with E-state index in [2.05, 4.69) is 79.2 Å². The molecule has 0 aliphatic carbocycles. The predicted octanol–water partition coefficient (Wildman–Crippen LogP) is 5.66. The van der Waals surface area contributed by atoms with Crippen LogP contribution >= 0.6 is 27.3 Å². The van der Waals surface area contributed by atoms with Gasteiger partial charge in [-0.1, -0.05) is 46.3 Å². The van der Waals surface area contributed by atoms with Gasteiger partial charge in [-0.25, -0.2) is 4.68 Å². The Morgan fingerprint density at radius 3 is 2.72 bits per heavy atom. The highest BCUT2D eigenvalue weighted by Gasteiger charge is 2.41. The molecule has 0 amide bonds. The second kappa shape index (κ2) is 6.57. The molecular formula is C22H15BrN4OS. The first-order chi connectivity index (χ1) is 14.3. The molecule has 2 aliphatic rings. The Bertz CT molecular complexity index is 1230. The molecule has 4 aromatic rings. The summed E-state index contributed by atoms with van der Waals surface area (Å²) in [6.45, 7) is 0. The Morgan fingerprint density at radius 1 is 1.03 bits per heavy atom. The van der Waals surface area contributed by atoms with Gasteiger partial charge in [0.25, 0.3) is 0 Å². The summed E-state index contributed by atoms with van der Waals surface area (Å²) in [5.74, 6) is 1.61. The molecule has 0 saturated heterocycles. The molecule has 4 heterocycles. The number of benzene rings is 2. The van der Waals surface area contributed by atoms with Gasteiger partial charge in [0.15, 0.2) is 0 Å². The highest BCUT2D eigenvalue weighted by atomic mass is 79.9. The fourth-order valence-corrected chi connectivity index (χ4v) is 5.14. The first kappa shape index (κ1) is 17.0. The first-order valence-corrected chi connectivity index (χ1v) is 10.9. The van der Waals surface area contributed by atoms with Crippen molar-refractivity contribution in [1.29, 1.82) is 0 Å². The third-order valence-electron chi connectivity index (χ3n) is 5.31. The molecule has 0 unspecified atom stereocenters. The summed E-state index contributed by atoms with van der Waals surface area (Å²) in [7, 11) is 0. The number of para-hydroxylation sites is 1. The lowest BCUT2D eigenvalue weighted by molar-refractivity contribution is 0.223. The highest BCUT2D eigenvalue weighted by Crippen LogP contribution is 2.51. The van der Waals surface area contributed by atoms with E-state index in [0.29, 0.717) is 0 Å². The van der Waals surface area contributed by atoms with Crippen molar-refractivity contribution in [3.8, 4) is 5.75 Å². The molecule has 2 aliphatic heterocycles. The summed E-state index contributed by atoms with van der Waals surface area (Å²) in [6, 6.07) is 20.6. The molecule has 0 spiro atoms. The van der Waals surface area contributed by atoms with E-state index in [-0.39, 0.29) is 12.1 Å². The van der Waals surface area contributed by atoms with E-state index in [1.807, 2.05) is 22.9 Å². The number of halogens is 1. The monoisotopic (exact) mass is 462 g/mol. The molecule has 0 bridgehead atoms. The summed E-state index contributed by atoms with van der Waals surface area (Å²) in [4.78, 5) is 5.66. The highest BCUT2D eigenvalue weighted by molar-refractivity contribution is 9.10. The Kier molecular flexibility index (Phi) is 3.85. The van der Waals surface area contributed by atoms with Crippen LogP contribution in [0.1, 0.15) is 28.1 Å². The minimum atomic E-state index is -0.232. The van der Waals surface area contributed by atoms with Gasteiger partial charge in [-0.2, -0.15) is 10.1 Å². The standard InChI is InChI=1S/C22H15BrN4OS/c23-14-9-7-13(8-10-14)21-18-19(15-4-1-2-5-16(15)28-21)26-22-24-12-25-27(22)20(18)17-6-3-11-29-17/h1-12,20-21H,(H,24,25,26)/t20-,21-/m1/s1. The summed E-state index contributed by atoms with van der Waals surface area (Å²) >= 11 is 5.26. The number of thiophene rings is 1. The predicted molar refractivity (Wildman–Crippen MR) is 117 cm³/mol. The van der Waals surface area contributed by atoms with E-state index in [1.54, 1.807) is 17.7 Å². The van der Waals surface area contributed by atoms with E-state index >= 15 is 0 Å². The number of hydrogen-bond donors (Lipinski definition) is 1. The number of anilines is 1. The summed E-state index contributed by atoms with van der Waals surface area (Å²) in [5.41, 5.74) is 4.35. The largest absolute Gasteiger partial charge is 0.480 e. The van der Waals surface area contributed by atoms with Gasteiger partial charge in [0, 0.05) is 20.5 Å². The Balaban J connectivity index is 1.63. The lowest BCUT2D eigenvalue weighted by Crippen LogP contribution is -2.32. The van der Waals surface area contributed by atoms with Gasteiger partial charge in [-0.05, 0) is 41.3 Å². The van der Waals surface area contributed by atoms with Gasteiger partial charge in [-0.3, -0.25) is 0 Å². The van der Waals surface area contributed by atoms with E-state index < -0.39 is 0 Å². The van der Waals surface area contributed by atoms with Crippen LogP contribution in [0.2, 0.25) is 0 Å². The number of aromatic nitrogens is 3. The maximum absolute atomic E-state index is 6.58. The zero-order valence-electron chi connectivity index (χ0n) is 15.1. The Morgan fingerprint density at radius 2 is 1.90 bits per heavy atom. The van der Waals surface area contributed by atoms with Crippen molar-refractivity contribution < 1.29 is 4.74 Å². The average Bonchev–Trinajstić information content (AvgIpc) is 3.44. The Labute approximate surface area is 179 Å². The van der Waals surface area contributed by atoms with Crippen LogP contribution in [0.3, 0.4) is 0 Å². The van der Waals surface area contributed by atoms with E-state index in [1.165, 1.54) is 4.88 Å². The summed E-state index contributed by atoms with van der Waals surface area (Å²) in [5, 5.41) is 10.2. The van der Waals surface area contributed by atoms with Crippen LogP contribution in [0.4, 0.5) is 5.95 Å². The van der Waals surface area contributed by atoms with Crippen molar-refractivity contribution in [3.63, 3.8) is 0 Å². The quantitative estimate of drug-likeness (QED) is 0.417. The third kappa shape index (κ3) is 2.65. The topological polar surface area (TPSA) is 52.0 Å². The molecule has 142 valence electrons. The van der Waals surface area contributed by atoms with Gasteiger partial charge in [-0.15, -0.1) is 11.3 Å². The molecule has 2 atom stereocenters. The normalized spacial score (nSPS) is 19.6. The number of hydrogen-bond acceptors (Lipinski definition) is 5. The number of ether oxygens (including phenoxy) is 1. The van der Waals surface area contributed by atoms with E-state index in [4.69, 9.17) is 4.74 Å². The minimum absolute atomic E-state index is 0.0780. The molecule has 7 heteroatoms. The van der Waals surface area contributed by atoms with Crippen molar-refractivity contribution >= 4 is 38.9 Å². The SMILES string of the molecule is Brc1ccc([C@H]2Oc3ccccc3C3=C2[C@@H](c2cccs2)n2ncnc2N3)cc1. The van der Waals surface area contributed by atoms with Crippen molar-refractivity contribution in [1.82, 2.24) is 14.8 Å². The number of nitrogens with zero attached hydrogens (tertiary/aromatic N) is 3. The van der Waals surface area contributed by atoms with Gasteiger partial charge in [0.2, 0.25) is 5.95 Å². The van der Waals surface area contributed by atoms with E-state index in [9.17, 15) is 0 Å². The fourth-order valence-electron chi connectivity index (χ4n) is 4.05. The van der Waals surface area contributed by atoms with Gasteiger partial charge in [0.05, 0.1) is 5.70 Å². The summed E-state index contributed by atoms with van der Waals surface area (Å²) in [6.07, 6.45) is 1.37. The molecule has 5 nitrogen and oxygen atoms in total. The van der Waals surface area contributed by atoms with Crippen LogP contribution in [-0.2, 0) is 0 Å². The number of nitrogens with one attached hydrogen (secondary N) is 1. The number of rotatable bonds is 2. The maximum Gasteiger partial charge on any atom is 0.226 e. The van der Waals surface area contributed by atoms with Crippen molar-refractivity contribution in [3.05, 3.63) is 98.4 Å². The maximum atomic E-state index is 6.58. The van der Waals surface area contributed by atoms with Crippen molar-refractivity contribution in [2.75, 3.05) is 5.32 Å². The van der Waals surface area contributed by atoms with Crippen LogP contribution in [0.15, 0.2) is 82.4 Å². The van der Waals surface area contributed by atoms with Gasteiger partial charge >= 0.3 is 0 Å². The second-order valence-electron chi connectivity index (χ2n) is 6.95. The van der Waals surface area contributed by atoms with Crippen LogP contribution < -0.4 is 10.1 Å². The lowest BCUT2D eigenvalue weighted by Gasteiger charge is -2.38. The summed E-state index contributed by atoms with van der Waals surface area (Å²) < 4.78 is 9.57. The molecule has 2 aromatic heterocycles. The second-order valence-corrected chi connectivity index (χ2v) is 8.84. The van der Waals surface area contributed by atoms with Crippen LogP contribution in [-0.4, -0.2) is 14.8 Å². The van der Waals surface area contributed by atoms with Crippen LogP contribution in [0.25, 0.3) is 5.70 Å². The molecule has 1 N–H and O–H groups in total. The average molecular weight is 463 g/mol. The van der Waals surface area contributed by atoms with Crippen molar-refractivity contribution in [2.45, 2.75) is 12.1 Å². The smallest absolute Gasteiger partial charge is 0.226 e. The van der Waals surface area contributed by atoms with Gasteiger partial charge < -0.3 is 10.1 Å². The van der Waals surface area contributed by atoms with E-state index in [0.717, 1.165) is 38.6 Å². The fraction of sp³-hybridized carbons (Fsp3) is 0.0909. The lowest BCUT2D eigenvalue weighted by atomic mass is 9.87. The Hall–Kier alpha value is -2.90. The third-order valence-corrected chi connectivity index (χ3v) is 6.76. The first-order valence-electron chi connectivity index (χ1n) is 9.25. The van der Waals surface area contributed by atoms with Crippen LogP contribution in [0, 0.1) is 0 Å². The van der Waals surface area contributed by atoms with Crippen molar-refractivity contribution in [2.24, 2.45) is 0 Å². The molecule has 6 rings (SSSR count). The molecule has 2 aromatic carbocycles. The molecule has 0 radical (unpaired) electrons. The molecule has 0 saturated carbocycles. The molecule has 29 heavy (non-hydrogen) atoms. The number of fused-ring (bicyclic) bond motifs is 3. The molecule has 0 fully saturated rings. The van der Waals surface area contributed by atoms with Gasteiger partial charge in [0.1, 0.15) is 24.2 Å².